The third kappa shape index (κ3) is 3.25. The summed E-state index contributed by atoms with van der Waals surface area (Å²) in [4.78, 5) is 32.4. The zero-order valence-electron chi connectivity index (χ0n) is 14.2. The number of pyridine rings is 1. The third-order valence-electron chi connectivity index (χ3n) is 4.54. The predicted molar refractivity (Wildman–Crippen MR) is 93.8 cm³/mol. The van der Waals surface area contributed by atoms with E-state index in [-0.39, 0.29) is 31.1 Å². The standard InChI is InChI=1S/C19H19N3O4/c23-17(12-22-18(24)13-26-15-7-4-8-20-19(15)22)21-9-10-25-16(11-21)14-5-2-1-3-6-14/h1-8,16H,9-13H2/t16-/m1/s1. The van der Waals surface area contributed by atoms with E-state index < -0.39 is 0 Å². The summed E-state index contributed by atoms with van der Waals surface area (Å²) in [5, 5.41) is 0. The van der Waals surface area contributed by atoms with Crippen molar-refractivity contribution in [3.8, 4) is 5.75 Å². The number of benzene rings is 1. The molecule has 0 spiro atoms. The maximum absolute atomic E-state index is 12.8. The minimum Gasteiger partial charge on any atom is -0.480 e. The molecule has 1 atom stereocenters. The number of rotatable bonds is 3. The summed E-state index contributed by atoms with van der Waals surface area (Å²) in [6.45, 7) is 1.32. The maximum atomic E-state index is 12.8. The number of fused-ring (bicyclic) bond motifs is 1. The van der Waals surface area contributed by atoms with Crippen LogP contribution >= 0.6 is 0 Å². The van der Waals surface area contributed by atoms with Crippen molar-refractivity contribution < 1.29 is 19.1 Å². The van der Waals surface area contributed by atoms with Crippen LogP contribution in [0.15, 0.2) is 48.7 Å². The largest absolute Gasteiger partial charge is 0.480 e. The van der Waals surface area contributed by atoms with Gasteiger partial charge in [-0.3, -0.25) is 14.5 Å². The first-order chi connectivity index (χ1) is 12.7. The van der Waals surface area contributed by atoms with E-state index in [0.29, 0.717) is 31.3 Å². The van der Waals surface area contributed by atoms with E-state index in [1.807, 2.05) is 30.3 Å². The molecular formula is C19H19N3O4. The Balaban J connectivity index is 1.47. The molecule has 26 heavy (non-hydrogen) atoms. The minimum absolute atomic E-state index is 0.0479. The van der Waals surface area contributed by atoms with Crippen LogP contribution in [0.2, 0.25) is 0 Å². The highest BCUT2D eigenvalue weighted by atomic mass is 16.5. The van der Waals surface area contributed by atoms with Crippen molar-refractivity contribution in [3.63, 3.8) is 0 Å². The monoisotopic (exact) mass is 353 g/mol. The SMILES string of the molecule is O=C(CN1C(=O)COc2cccnc21)N1CCO[C@@H](c2ccccc2)C1. The Morgan fingerprint density at radius 1 is 1.19 bits per heavy atom. The fourth-order valence-electron chi connectivity index (χ4n) is 3.18. The van der Waals surface area contributed by atoms with Crippen molar-refractivity contribution in [2.75, 3.05) is 37.7 Å². The Bertz CT molecular complexity index is 811. The van der Waals surface area contributed by atoms with Crippen molar-refractivity contribution in [2.24, 2.45) is 0 Å². The smallest absolute Gasteiger partial charge is 0.266 e. The predicted octanol–water partition coefficient (Wildman–Crippen LogP) is 1.41. The van der Waals surface area contributed by atoms with Crippen molar-refractivity contribution in [2.45, 2.75) is 6.10 Å². The van der Waals surface area contributed by atoms with Gasteiger partial charge in [0.1, 0.15) is 12.6 Å². The Labute approximate surface area is 151 Å². The van der Waals surface area contributed by atoms with Crippen molar-refractivity contribution in [3.05, 3.63) is 54.2 Å². The number of carbonyl (C=O) groups excluding carboxylic acids is 2. The highest BCUT2D eigenvalue weighted by Crippen LogP contribution is 2.29. The third-order valence-corrected chi connectivity index (χ3v) is 4.54. The van der Waals surface area contributed by atoms with E-state index >= 15 is 0 Å². The summed E-state index contributed by atoms with van der Waals surface area (Å²) in [7, 11) is 0. The van der Waals surface area contributed by atoms with Gasteiger partial charge in [-0.2, -0.15) is 0 Å². The Morgan fingerprint density at radius 3 is 2.88 bits per heavy atom. The first kappa shape index (κ1) is 16.5. The van der Waals surface area contributed by atoms with Crippen LogP contribution in [0.1, 0.15) is 11.7 Å². The van der Waals surface area contributed by atoms with Crippen LogP contribution in [0, 0.1) is 0 Å². The van der Waals surface area contributed by atoms with Crippen LogP contribution in [-0.2, 0) is 14.3 Å². The molecule has 2 aliphatic heterocycles. The second kappa shape index (κ2) is 7.13. The minimum atomic E-state index is -0.266. The topological polar surface area (TPSA) is 72.0 Å². The highest BCUT2D eigenvalue weighted by molar-refractivity contribution is 6.01. The Kier molecular flexibility index (Phi) is 4.53. The van der Waals surface area contributed by atoms with Crippen molar-refractivity contribution in [1.29, 1.82) is 0 Å². The van der Waals surface area contributed by atoms with Gasteiger partial charge in [0, 0.05) is 12.7 Å². The summed E-state index contributed by atoms with van der Waals surface area (Å²) in [6, 6.07) is 13.3. The van der Waals surface area contributed by atoms with Crippen LogP contribution in [0.5, 0.6) is 5.75 Å². The molecule has 0 N–H and O–H groups in total. The molecule has 2 amide bonds. The number of morpholine rings is 1. The van der Waals surface area contributed by atoms with E-state index in [2.05, 4.69) is 4.98 Å². The van der Waals surface area contributed by atoms with Gasteiger partial charge in [0.25, 0.3) is 5.91 Å². The maximum Gasteiger partial charge on any atom is 0.266 e. The molecule has 0 aliphatic carbocycles. The van der Waals surface area contributed by atoms with Gasteiger partial charge in [-0.15, -0.1) is 0 Å². The van der Waals surface area contributed by atoms with Crippen LogP contribution in [0.25, 0.3) is 0 Å². The van der Waals surface area contributed by atoms with E-state index in [0.717, 1.165) is 5.56 Å². The highest BCUT2D eigenvalue weighted by Gasteiger charge is 2.32. The molecule has 7 nitrogen and oxygen atoms in total. The lowest BCUT2D eigenvalue weighted by molar-refractivity contribution is -0.138. The molecule has 0 saturated carbocycles. The number of hydrogen-bond donors (Lipinski definition) is 0. The molecule has 3 heterocycles. The zero-order valence-corrected chi connectivity index (χ0v) is 14.2. The molecular weight excluding hydrogens is 334 g/mol. The molecule has 2 aromatic rings. The molecule has 1 fully saturated rings. The molecule has 0 radical (unpaired) electrons. The van der Waals surface area contributed by atoms with Gasteiger partial charge in [0.05, 0.1) is 13.2 Å². The van der Waals surface area contributed by atoms with E-state index in [1.165, 1.54) is 4.90 Å². The lowest BCUT2D eigenvalue weighted by atomic mass is 10.1. The Hall–Kier alpha value is -2.93. The molecule has 0 bridgehead atoms. The number of aromatic nitrogens is 1. The number of amides is 2. The van der Waals surface area contributed by atoms with Gasteiger partial charge < -0.3 is 14.4 Å². The second-order valence-electron chi connectivity index (χ2n) is 6.20. The first-order valence-corrected chi connectivity index (χ1v) is 8.55. The number of nitrogens with zero attached hydrogens (tertiary/aromatic N) is 3. The van der Waals surface area contributed by atoms with E-state index in [9.17, 15) is 9.59 Å². The average Bonchev–Trinajstić information content (AvgIpc) is 2.71. The lowest BCUT2D eigenvalue weighted by Crippen LogP contribution is -2.50. The van der Waals surface area contributed by atoms with Gasteiger partial charge in [0.15, 0.2) is 18.2 Å². The van der Waals surface area contributed by atoms with Crippen LogP contribution < -0.4 is 9.64 Å². The molecule has 1 aromatic heterocycles. The molecule has 134 valence electrons. The number of carbonyl (C=O) groups is 2. The molecule has 7 heteroatoms. The van der Waals surface area contributed by atoms with Crippen molar-refractivity contribution >= 4 is 17.6 Å². The van der Waals surface area contributed by atoms with Gasteiger partial charge in [-0.1, -0.05) is 30.3 Å². The van der Waals surface area contributed by atoms with E-state index in [1.54, 1.807) is 23.2 Å². The number of ether oxygens (including phenoxy) is 2. The van der Waals surface area contributed by atoms with Gasteiger partial charge in [-0.25, -0.2) is 4.98 Å². The summed E-state index contributed by atoms with van der Waals surface area (Å²) < 4.78 is 11.2. The number of hydrogen-bond acceptors (Lipinski definition) is 5. The fraction of sp³-hybridized carbons (Fsp3) is 0.316. The normalized spacial score (nSPS) is 19.7. The summed E-state index contributed by atoms with van der Waals surface area (Å²) in [6.07, 6.45) is 1.43. The van der Waals surface area contributed by atoms with Gasteiger partial charge in [0.2, 0.25) is 5.91 Å². The van der Waals surface area contributed by atoms with Gasteiger partial charge >= 0.3 is 0 Å². The van der Waals surface area contributed by atoms with E-state index in [4.69, 9.17) is 9.47 Å². The first-order valence-electron chi connectivity index (χ1n) is 8.55. The second-order valence-corrected chi connectivity index (χ2v) is 6.20. The van der Waals surface area contributed by atoms with Crippen LogP contribution in [-0.4, -0.2) is 54.5 Å². The quantitative estimate of drug-likeness (QED) is 0.834. The summed E-state index contributed by atoms with van der Waals surface area (Å²) in [5.41, 5.74) is 1.04. The van der Waals surface area contributed by atoms with Crippen LogP contribution in [0.4, 0.5) is 5.82 Å². The number of anilines is 1. The molecule has 4 rings (SSSR count). The molecule has 0 unspecified atom stereocenters. The van der Waals surface area contributed by atoms with Crippen molar-refractivity contribution in [1.82, 2.24) is 9.88 Å². The van der Waals surface area contributed by atoms with Crippen LogP contribution in [0.3, 0.4) is 0 Å². The molecule has 1 aromatic carbocycles. The zero-order chi connectivity index (χ0) is 17.9. The molecule has 2 aliphatic rings. The molecule has 1 saturated heterocycles. The van der Waals surface area contributed by atoms with Gasteiger partial charge in [-0.05, 0) is 17.7 Å². The Morgan fingerprint density at radius 2 is 2.04 bits per heavy atom. The summed E-state index contributed by atoms with van der Waals surface area (Å²) in [5.74, 6) is 0.521. The summed E-state index contributed by atoms with van der Waals surface area (Å²) >= 11 is 0. The lowest BCUT2D eigenvalue weighted by Gasteiger charge is -2.35. The fourth-order valence-corrected chi connectivity index (χ4v) is 3.18. The average molecular weight is 353 g/mol.